The molecule has 1 aromatic heterocycles. The summed E-state index contributed by atoms with van der Waals surface area (Å²) in [5, 5.41) is 5.87. The van der Waals surface area contributed by atoms with Crippen molar-refractivity contribution in [2.45, 2.75) is 18.6 Å². The molecule has 1 N–H and O–H groups in total. The summed E-state index contributed by atoms with van der Waals surface area (Å²) in [7, 11) is 1.53. The summed E-state index contributed by atoms with van der Waals surface area (Å²) in [6.45, 7) is 0.646. The largest absolute Gasteiger partial charge is 0.413 e. The quantitative estimate of drug-likeness (QED) is 0.906. The molecule has 2 aromatic rings. The van der Waals surface area contributed by atoms with Crippen LogP contribution in [-0.4, -0.2) is 40.0 Å². The molecule has 5 nitrogen and oxygen atoms in total. The van der Waals surface area contributed by atoms with Crippen molar-refractivity contribution in [3.63, 3.8) is 0 Å². The van der Waals surface area contributed by atoms with Gasteiger partial charge in [-0.1, -0.05) is 36.4 Å². The molecule has 2 heterocycles. The molecule has 0 spiro atoms. The van der Waals surface area contributed by atoms with Gasteiger partial charge >= 0.3 is 12.2 Å². The number of benzene rings is 1. The van der Waals surface area contributed by atoms with Crippen molar-refractivity contribution in [1.29, 1.82) is 0 Å². The van der Waals surface area contributed by atoms with Crippen molar-refractivity contribution in [2.75, 3.05) is 13.1 Å². The van der Waals surface area contributed by atoms with Gasteiger partial charge in [-0.2, -0.15) is 18.3 Å². The molecule has 0 saturated carbocycles. The van der Waals surface area contributed by atoms with Crippen LogP contribution in [0.25, 0.3) is 5.57 Å². The minimum absolute atomic E-state index is 0.0933. The predicted octanol–water partition coefficient (Wildman–Crippen LogP) is 3.52. The molecule has 26 heavy (non-hydrogen) atoms. The molecular weight excluding hydrogens is 345 g/mol. The zero-order valence-corrected chi connectivity index (χ0v) is 14.2. The molecule has 138 valence electrons. The molecule has 1 aliphatic heterocycles. The Morgan fingerprint density at radius 2 is 2.00 bits per heavy atom. The monoisotopic (exact) mass is 364 g/mol. The molecule has 1 atom stereocenters. The van der Waals surface area contributed by atoms with E-state index in [2.05, 4.69) is 10.4 Å². The first kappa shape index (κ1) is 18.0. The lowest BCUT2D eigenvalue weighted by Crippen LogP contribution is -2.47. The van der Waals surface area contributed by atoms with Crippen LogP contribution in [0.3, 0.4) is 0 Å². The van der Waals surface area contributed by atoms with E-state index in [0.717, 1.165) is 17.3 Å². The predicted molar refractivity (Wildman–Crippen MR) is 91.1 cm³/mol. The van der Waals surface area contributed by atoms with Crippen LogP contribution >= 0.6 is 0 Å². The molecule has 0 radical (unpaired) electrons. The van der Waals surface area contributed by atoms with Crippen LogP contribution < -0.4 is 5.32 Å². The number of aryl methyl sites for hydroxylation is 1. The number of nitrogens with zero attached hydrogens (tertiary/aromatic N) is 3. The Morgan fingerprint density at radius 3 is 2.62 bits per heavy atom. The van der Waals surface area contributed by atoms with Crippen molar-refractivity contribution >= 4 is 11.6 Å². The van der Waals surface area contributed by atoms with Gasteiger partial charge in [0.25, 0.3) is 0 Å². The van der Waals surface area contributed by atoms with E-state index in [1.165, 1.54) is 22.8 Å². The second kappa shape index (κ2) is 7.23. The van der Waals surface area contributed by atoms with E-state index in [9.17, 15) is 18.0 Å². The zero-order chi connectivity index (χ0) is 18.7. The Hall–Kier alpha value is -2.77. The highest BCUT2D eigenvalue weighted by atomic mass is 19.4. The number of hydrogen-bond acceptors (Lipinski definition) is 2. The zero-order valence-electron chi connectivity index (χ0n) is 14.2. The number of alkyl halides is 3. The first-order chi connectivity index (χ1) is 12.3. The first-order valence-corrected chi connectivity index (χ1v) is 8.20. The molecule has 1 aliphatic rings. The summed E-state index contributed by atoms with van der Waals surface area (Å²) in [6.07, 6.45) is 0.378. The summed E-state index contributed by atoms with van der Waals surface area (Å²) >= 11 is 0. The fourth-order valence-corrected chi connectivity index (χ4v) is 2.94. The van der Waals surface area contributed by atoms with Gasteiger partial charge < -0.3 is 10.2 Å². The topological polar surface area (TPSA) is 50.2 Å². The highest BCUT2D eigenvalue weighted by Gasteiger charge is 2.43. The maximum Gasteiger partial charge on any atom is 0.413 e. The number of rotatable bonds is 3. The third kappa shape index (κ3) is 4.07. The maximum absolute atomic E-state index is 13.4. The Bertz CT molecular complexity index is 798. The summed E-state index contributed by atoms with van der Waals surface area (Å²) in [5.74, 6) is 0. The van der Waals surface area contributed by atoms with E-state index >= 15 is 0 Å². The third-order valence-corrected chi connectivity index (χ3v) is 4.24. The van der Waals surface area contributed by atoms with Crippen molar-refractivity contribution in [3.8, 4) is 0 Å². The van der Waals surface area contributed by atoms with Crippen molar-refractivity contribution in [3.05, 3.63) is 59.9 Å². The normalized spacial score (nSPS) is 16.2. The van der Waals surface area contributed by atoms with Crippen LogP contribution in [0.1, 0.15) is 23.6 Å². The second-order valence-corrected chi connectivity index (χ2v) is 6.18. The summed E-state index contributed by atoms with van der Waals surface area (Å²) < 4.78 is 41.5. The van der Waals surface area contributed by atoms with Crippen molar-refractivity contribution in [2.24, 2.45) is 7.05 Å². The van der Waals surface area contributed by atoms with E-state index in [1.54, 1.807) is 0 Å². The average Bonchev–Trinajstić information content (AvgIpc) is 3.05. The minimum atomic E-state index is -4.60. The van der Waals surface area contributed by atoms with Gasteiger partial charge in [0.15, 0.2) is 6.04 Å². The lowest BCUT2D eigenvalue weighted by molar-refractivity contribution is -0.155. The van der Waals surface area contributed by atoms with E-state index in [0.29, 0.717) is 13.0 Å². The van der Waals surface area contributed by atoms with Crippen LogP contribution in [-0.2, 0) is 7.05 Å². The molecule has 1 unspecified atom stereocenters. The molecule has 3 rings (SSSR count). The van der Waals surface area contributed by atoms with Gasteiger partial charge in [0, 0.05) is 31.9 Å². The first-order valence-electron chi connectivity index (χ1n) is 8.20. The van der Waals surface area contributed by atoms with Gasteiger partial charge in [-0.05, 0) is 17.6 Å². The van der Waals surface area contributed by atoms with Gasteiger partial charge in [-0.3, -0.25) is 4.68 Å². The lowest BCUT2D eigenvalue weighted by Gasteiger charge is -2.30. The highest BCUT2D eigenvalue weighted by molar-refractivity contribution is 5.79. The van der Waals surface area contributed by atoms with Gasteiger partial charge in [0.1, 0.15) is 0 Å². The number of aromatic nitrogens is 2. The van der Waals surface area contributed by atoms with E-state index in [4.69, 9.17) is 0 Å². The smallest absolute Gasteiger partial charge is 0.322 e. The highest BCUT2D eigenvalue weighted by Crippen LogP contribution is 2.33. The van der Waals surface area contributed by atoms with Gasteiger partial charge in [-0.25, -0.2) is 4.79 Å². The third-order valence-electron chi connectivity index (χ3n) is 4.24. The summed E-state index contributed by atoms with van der Waals surface area (Å²) in [6, 6.07) is 6.67. The van der Waals surface area contributed by atoms with E-state index in [1.807, 2.05) is 36.4 Å². The standard InChI is InChI=1S/C18H19F3N4O/c1-24-11-15(10-22-24)16(18(19,20)21)23-17(26)25-9-5-8-14(12-25)13-6-3-2-4-7-13/h2-4,6-8,10-11,16H,5,9,12H2,1H3,(H,23,26). The average molecular weight is 364 g/mol. The Morgan fingerprint density at radius 1 is 1.27 bits per heavy atom. The molecule has 1 aromatic carbocycles. The van der Waals surface area contributed by atoms with Crippen LogP contribution in [0.4, 0.5) is 18.0 Å². The number of hydrogen-bond donors (Lipinski definition) is 1. The lowest BCUT2D eigenvalue weighted by atomic mass is 10.0. The molecule has 0 fully saturated rings. The number of urea groups is 1. The minimum Gasteiger partial charge on any atom is -0.322 e. The summed E-state index contributed by atoms with van der Waals surface area (Å²) in [5.41, 5.74) is 1.80. The molecule has 2 amide bonds. The van der Waals surface area contributed by atoms with E-state index < -0.39 is 18.2 Å². The summed E-state index contributed by atoms with van der Waals surface area (Å²) in [4.78, 5) is 13.9. The molecule has 8 heteroatoms. The second-order valence-electron chi connectivity index (χ2n) is 6.18. The van der Waals surface area contributed by atoms with Crippen molar-refractivity contribution < 1.29 is 18.0 Å². The van der Waals surface area contributed by atoms with Crippen LogP contribution in [0.15, 0.2) is 48.8 Å². The Balaban J connectivity index is 1.73. The molecule has 0 bridgehead atoms. The number of carbonyl (C=O) groups excluding carboxylic acids is 1. The molecule has 0 aliphatic carbocycles. The van der Waals surface area contributed by atoms with Gasteiger partial charge in [0.2, 0.25) is 0 Å². The maximum atomic E-state index is 13.4. The van der Waals surface area contributed by atoms with Crippen LogP contribution in [0.5, 0.6) is 0 Å². The van der Waals surface area contributed by atoms with Crippen molar-refractivity contribution in [1.82, 2.24) is 20.0 Å². The molecular formula is C18H19F3N4O. The number of amides is 2. The van der Waals surface area contributed by atoms with Gasteiger partial charge in [-0.15, -0.1) is 0 Å². The van der Waals surface area contributed by atoms with Gasteiger partial charge in [0.05, 0.1) is 6.20 Å². The van der Waals surface area contributed by atoms with Crippen LogP contribution in [0, 0.1) is 0 Å². The van der Waals surface area contributed by atoms with E-state index in [-0.39, 0.29) is 12.1 Å². The fraction of sp³-hybridized carbons (Fsp3) is 0.333. The SMILES string of the molecule is Cn1cc(C(NC(=O)N2CCC=C(c3ccccc3)C2)C(F)(F)F)cn1. The van der Waals surface area contributed by atoms with Crippen LogP contribution in [0.2, 0.25) is 0 Å². The number of carbonyl (C=O) groups is 1. The number of nitrogens with one attached hydrogen (secondary N) is 1. The fourth-order valence-electron chi connectivity index (χ4n) is 2.94. The molecule has 0 saturated heterocycles. The Labute approximate surface area is 149 Å². The number of halogens is 3. The Kier molecular flexibility index (Phi) is 5.01.